The number of hydrogen-bond acceptors (Lipinski definition) is 7. The number of benzene rings is 1. The van der Waals surface area contributed by atoms with Gasteiger partial charge in [0.1, 0.15) is 11.6 Å². The van der Waals surface area contributed by atoms with Crippen molar-refractivity contribution in [3.05, 3.63) is 34.9 Å². The van der Waals surface area contributed by atoms with Crippen molar-refractivity contribution in [1.82, 2.24) is 20.0 Å². The van der Waals surface area contributed by atoms with E-state index < -0.39 is 17.6 Å². The van der Waals surface area contributed by atoms with Crippen LogP contribution in [0.4, 0.5) is 4.79 Å². The topological polar surface area (TPSA) is 125 Å². The number of amides is 4. The Morgan fingerprint density at radius 2 is 1.82 bits per heavy atom. The second kappa shape index (κ2) is 11.2. The van der Waals surface area contributed by atoms with Crippen molar-refractivity contribution in [2.24, 2.45) is 5.73 Å². The maximum atomic E-state index is 13.1. The smallest absolute Gasteiger partial charge is 0.410 e. The van der Waals surface area contributed by atoms with Crippen LogP contribution in [0.15, 0.2) is 18.2 Å². The molecule has 10 nitrogen and oxygen atoms in total. The highest BCUT2D eigenvalue weighted by Crippen LogP contribution is 2.30. The van der Waals surface area contributed by atoms with Crippen molar-refractivity contribution in [2.75, 3.05) is 19.6 Å². The van der Waals surface area contributed by atoms with Crippen molar-refractivity contribution < 1.29 is 23.9 Å². The van der Waals surface area contributed by atoms with E-state index in [1.807, 2.05) is 37.8 Å². The van der Waals surface area contributed by atoms with Crippen LogP contribution in [0.3, 0.4) is 0 Å². The van der Waals surface area contributed by atoms with Gasteiger partial charge in [-0.15, -0.1) is 0 Å². The zero-order valence-electron chi connectivity index (χ0n) is 23.6. The number of rotatable bonds is 4. The lowest BCUT2D eigenvalue weighted by Gasteiger charge is -2.48. The minimum Gasteiger partial charge on any atom is -0.444 e. The fraction of sp³-hybridized carbons (Fsp3) is 0.600. The van der Waals surface area contributed by atoms with Crippen LogP contribution >= 0.6 is 0 Å². The molecule has 1 aromatic rings. The molecule has 1 saturated carbocycles. The Kier molecular flexibility index (Phi) is 7.89. The van der Waals surface area contributed by atoms with E-state index in [1.54, 1.807) is 11.0 Å². The third-order valence-electron chi connectivity index (χ3n) is 8.13. The molecule has 3 fully saturated rings. The molecule has 4 aliphatic rings. The molecule has 1 atom stereocenters. The standard InChI is InChI=1S/C30H39N5O5/c1-30(2,3)40-29(39)35(22-9-7-21(31)8-10-22)23-17-33(18-23)14-4-5-19-6-11-24-20(15-19)16-34(28(24)38)25-12-13-26(36)32-27(25)37/h6,11,15,21-23,25H,7-10,12-14,16-18,31H2,1-3H3,(H,32,36,37). The molecule has 1 aliphatic carbocycles. The highest BCUT2D eigenvalue weighted by molar-refractivity contribution is 6.05. The summed E-state index contributed by atoms with van der Waals surface area (Å²) in [5.74, 6) is 5.53. The molecular formula is C30H39N5O5. The molecule has 214 valence electrons. The van der Waals surface area contributed by atoms with Gasteiger partial charge in [-0.25, -0.2) is 4.79 Å². The Morgan fingerprint density at radius 3 is 2.50 bits per heavy atom. The molecule has 3 aliphatic heterocycles. The van der Waals surface area contributed by atoms with E-state index in [0.717, 1.165) is 49.9 Å². The summed E-state index contributed by atoms with van der Waals surface area (Å²) in [6, 6.07) is 5.33. The van der Waals surface area contributed by atoms with Gasteiger partial charge in [-0.1, -0.05) is 11.8 Å². The number of nitrogens with one attached hydrogen (secondary N) is 1. The lowest BCUT2D eigenvalue weighted by Crippen LogP contribution is -2.64. The minimum absolute atomic E-state index is 0.0974. The third kappa shape index (κ3) is 6.16. The first-order chi connectivity index (χ1) is 19.0. The third-order valence-corrected chi connectivity index (χ3v) is 8.13. The Bertz CT molecular complexity index is 1250. The van der Waals surface area contributed by atoms with Crippen molar-refractivity contribution in [3.63, 3.8) is 0 Å². The Hall–Kier alpha value is -3.42. The first-order valence-corrected chi connectivity index (χ1v) is 14.2. The van der Waals surface area contributed by atoms with Crippen LogP contribution in [-0.2, 0) is 20.9 Å². The summed E-state index contributed by atoms with van der Waals surface area (Å²) < 4.78 is 5.76. The summed E-state index contributed by atoms with van der Waals surface area (Å²) >= 11 is 0. The monoisotopic (exact) mass is 549 g/mol. The number of imide groups is 1. The molecule has 1 unspecified atom stereocenters. The zero-order valence-corrected chi connectivity index (χ0v) is 23.6. The molecule has 40 heavy (non-hydrogen) atoms. The fourth-order valence-electron chi connectivity index (χ4n) is 6.04. The number of carbonyl (C=O) groups excluding carboxylic acids is 4. The number of likely N-dealkylation sites (tertiary alicyclic amines) is 1. The quantitative estimate of drug-likeness (QED) is 0.435. The van der Waals surface area contributed by atoms with Gasteiger partial charge in [0.15, 0.2) is 0 Å². The van der Waals surface area contributed by atoms with E-state index in [9.17, 15) is 19.2 Å². The number of fused-ring (bicyclic) bond motifs is 1. The van der Waals surface area contributed by atoms with Gasteiger partial charge >= 0.3 is 6.09 Å². The Labute approximate surface area is 235 Å². The van der Waals surface area contributed by atoms with E-state index in [4.69, 9.17) is 10.5 Å². The molecule has 0 spiro atoms. The van der Waals surface area contributed by atoms with Gasteiger partial charge in [0.25, 0.3) is 5.91 Å². The normalized spacial score (nSPS) is 25.4. The molecule has 1 aromatic carbocycles. The molecule has 4 amide bonds. The zero-order chi connectivity index (χ0) is 28.6. The van der Waals surface area contributed by atoms with Gasteiger partial charge < -0.3 is 15.4 Å². The van der Waals surface area contributed by atoms with Crippen LogP contribution in [0, 0.1) is 11.8 Å². The average Bonchev–Trinajstić information content (AvgIpc) is 3.17. The molecule has 0 radical (unpaired) electrons. The largest absolute Gasteiger partial charge is 0.444 e. The summed E-state index contributed by atoms with van der Waals surface area (Å²) in [5, 5.41) is 2.33. The summed E-state index contributed by atoms with van der Waals surface area (Å²) in [6.45, 7) is 8.08. The molecule has 2 saturated heterocycles. The summed E-state index contributed by atoms with van der Waals surface area (Å²) in [6.07, 6.45) is 3.97. The molecular weight excluding hydrogens is 510 g/mol. The SMILES string of the molecule is CC(C)(C)OC(=O)N(C1CCC(N)CC1)C1CN(CC#Cc2ccc3c(c2)CN(C2CCC(=O)NC2=O)C3=O)C1. The van der Waals surface area contributed by atoms with Crippen LogP contribution in [0.25, 0.3) is 0 Å². The molecule has 10 heteroatoms. The van der Waals surface area contributed by atoms with Gasteiger partial charge in [-0.2, -0.15) is 0 Å². The first kappa shape index (κ1) is 28.1. The van der Waals surface area contributed by atoms with Crippen LogP contribution in [-0.4, -0.2) is 87.9 Å². The van der Waals surface area contributed by atoms with Crippen molar-refractivity contribution in [3.8, 4) is 11.8 Å². The van der Waals surface area contributed by atoms with Gasteiger partial charge in [0, 0.05) is 49.3 Å². The molecule has 0 aromatic heterocycles. The highest BCUT2D eigenvalue weighted by atomic mass is 16.6. The van der Waals surface area contributed by atoms with Gasteiger partial charge in [0.05, 0.1) is 12.6 Å². The molecule has 5 rings (SSSR count). The lowest BCUT2D eigenvalue weighted by molar-refractivity contribution is -0.136. The number of nitrogens with two attached hydrogens (primary N) is 1. The lowest BCUT2D eigenvalue weighted by atomic mass is 9.89. The molecule has 3 N–H and O–H groups in total. The molecule has 3 heterocycles. The summed E-state index contributed by atoms with van der Waals surface area (Å²) in [7, 11) is 0. The maximum Gasteiger partial charge on any atom is 0.410 e. The van der Waals surface area contributed by atoms with E-state index in [2.05, 4.69) is 22.1 Å². The number of hydrogen-bond donors (Lipinski definition) is 2. The Balaban J connectivity index is 1.17. The first-order valence-electron chi connectivity index (χ1n) is 14.2. The van der Waals surface area contributed by atoms with Crippen molar-refractivity contribution in [1.29, 1.82) is 0 Å². The van der Waals surface area contributed by atoms with E-state index in [1.165, 1.54) is 0 Å². The minimum atomic E-state index is -0.628. The molecule has 0 bridgehead atoms. The second-order valence-electron chi connectivity index (χ2n) is 12.4. The predicted octanol–water partition coefficient (Wildman–Crippen LogP) is 1.99. The van der Waals surface area contributed by atoms with Gasteiger partial charge in [-0.3, -0.25) is 29.5 Å². The van der Waals surface area contributed by atoms with Gasteiger partial charge in [0.2, 0.25) is 11.8 Å². The summed E-state index contributed by atoms with van der Waals surface area (Å²) in [5.41, 5.74) is 7.78. The maximum absolute atomic E-state index is 13.1. The average molecular weight is 550 g/mol. The fourth-order valence-corrected chi connectivity index (χ4v) is 6.04. The van der Waals surface area contributed by atoms with E-state index in [0.29, 0.717) is 25.1 Å². The highest BCUT2D eigenvalue weighted by Gasteiger charge is 2.41. The van der Waals surface area contributed by atoms with Crippen molar-refractivity contribution >= 4 is 23.8 Å². The number of nitrogens with zero attached hydrogens (tertiary/aromatic N) is 3. The predicted molar refractivity (Wildman–Crippen MR) is 148 cm³/mol. The van der Waals surface area contributed by atoms with Crippen LogP contribution in [0.5, 0.6) is 0 Å². The van der Waals surface area contributed by atoms with E-state index >= 15 is 0 Å². The van der Waals surface area contributed by atoms with Crippen molar-refractivity contribution in [2.45, 2.75) is 95.6 Å². The van der Waals surface area contributed by atoms with Gasteiger partial charge in [-0.05, 0) is 76.6 Å². The summed E-state index contributed by atoms with van der Waals surface area (Å²) in [4.78, 5) is 55.5. The number of piperidine rings is 1. The van der Waals surface area contributed by atoms with Crippen LogP contribution < -0.4 is 11.1 Å². The van der Waals surface area contributed by atoms with E-state index in [-0.39, 0.29) is 42.5 Å². The number of carbonyl (C=O) groups is 4. The second-order valence-corrected chi connectivity index (χ2v) is 12.4. The Morgan fingerprint density at radius 1 is 1.10 bits per heavy atom. The number of ether oxygens (including phenoxy) is 1. The van der Waals surface area contributed by atoms with Crippen LogP contribution in [0.2, 0.25) is 0 Å². The van der Waals surface area contributed by atoms with Crippen LogP contribution in [0.1, 0.15) is 80.8 Å².